The molecule has 4 heterocycles. The monoisotopic (exact) mass is 695 g/mol. The van der Waals surface area contributed by atoms with E-state index in [1.54, 1.807) is 24.5 Å². The van der Waals surface area contributed by atoms with Gasteiger partial charge in [-0.05, 0) is 85.5 Å². The van der Waals surface area contributed by atoms with Crippen molar-refractivity contribution in [2.45, 2.75) is 49.0 Å². The quantitative estimate of drug-likeness (QED) is 0.178. The van der Waals surface area contributed by atoms with Gasteiger partial charge in [-0.15, -0.1) is 5.10 Å². The van der Waals surface area contributed by atoms with Gasteiger partial charge in [0.15, 0.2) is 0 Å². The first kappa shape index (κ1) is 34.0. The Morgan fingerprint density at radius 3 is 2.60 bits per heavy atom. The molecule has 0 saturated carbocycles. The van der Waals surface area contributed by atoms with Crippen LogP contribution < -0.4 is 4.90 Å². The fourth-order valence-corrected chi connectivity index (χ4v) is 8.34. The van der Waals surface area contributed by atoms with Crippen molar-refractivity contribution in [1.82, 2.24) is 40.0 Å². The van der Waals surface area contributed by atoms with Crippen LogP contribution in [0.2, 0.25) is 0 Å². The molecule has 12 nitrogen and oxygen atoms in total. The summed E-state index contributed by atoms with van der Waals surface area (Å²) in [6, 6.07) is 24.5. The van der Waals surface area contributed by atoms with E-state index >= 15 is 0 Å². The second-order valence-corrected chi connectivity index (χ2v) is 14.7. The predicted octanol–water partition coefficient (Wildman–Crippen LogP) is 4.46. The molecule has 1 N–H and O–H groups in total. The van der Waals surface area contributed by atoms with Gasteiger partial charge in [-0.1, -0.05) is 42.5 Å². The molecule has 1 amide bonds. The lowest BCUT2D eigenvalue weighted by molar-refractivity contribution is 0.0776. The molecular formula is C37H45N9O3S. The Bertz CT molecular complexity index is 1880. The molecule has 5 aromatic rings. The number of hydrogen-bond acceptors (Lipinski definition) is 9. The molecule has 0 spiro atoms. The molecule has 13 heteroatoms. The number of H-pyrrole nitrogens is 1. The summed E-state index contributed by atoms with van der Waals surface area (Å²) in [4.78, 5) is 30.1. The smallest absolute Gasteiger partial charge is 0.255 e. The summed E-state index contributed by atoms with van der Waals surface area (Å²) in [5.41, 5.74) is 4.21. The number of nitrogens with one attached hydrogen (secondary N) is 1. The average molecular weight is 696 g/mol. The summed E-state index contributed by atoms with van der Waals surface area (Å²) in [6.45, 7) is 8.38. The number of aromatic amines is 1. The minimum atomic E-state index is -1.34. The van der Waals surface area contributed by atoms with Gasteiger partial charge < -0.3 is 24.4 Å². The molecular weight excluding hydrogens is 651 g/mol. The van der Waals surface area contributed by atoms with E-state index in [1.807, 2.05) is 30.0 Å². The number of aromatic nitrogens is 6. The van der Waals surface area contributed by atoms with Crippen molar-refractivity contribution in [3.63, 3.8) is 0 Å². The molecule has 2 aliphatic heterocycles. The molecule has 0 radical (unpaired) electrons. The Balaban J connectivity index is 1.05. The third-order valence-corrected chi connectivity index (χ3v) is 11.4. The van der Waals surface area contributed by atoms with Crippen molar-refractivity contribution in [1.29, 1.82) is 0 Å². The zero-order chi connectivity index (χ0) is 34.5. The van der Waals surface area contributed by atoms with E-state index in [9.17, 15) is 9.00 Å². The van der Waals surface area contributed by atoms with Crippen molar-refractivity contribution in [2.24, 2.45) is 0 Å². The fourth-order valence-electron chi connectivity index (χ4n) is 7.62. The second-order valence-electron chi connectivity index (χ2n) is 13.3. The maximum Gasteiger partial charge on any atom is 0.255 e. The molecule has 2 unspecified atom stereocenters. The molecule has 2 aliphatic rings. The van der Waals surface area contributed by atoms with Crippen LogP contribution in [-0.4, -0.2) is 115 Å². The molecule has 2 aromatic heterocycles. The molecule has 7 rings (SSSR count). The maximum absolute atomic E-state index is 14.2. The van der Waals surface area contributed by atoms with Crippen molar-refractivity contribution in [2.75, 3.05) is 63.6 Å². The number of anilines is 1. The lowest BCUT2D eigenvalue weighted by Gasteiger charge is -2.40. The largest absolute Gasteiger partial charge is 0.380 e. The zero-order valence-electron chi connectivity index (χ0n) is 28.8. The van der Waals surface area contributed by atoms with Gasteiger partial charge in [0.2, 0.25) is 5.95 Å². The Hall–Kier alpha value is -4.46. The Labute approximate surface area is 295 Å². The highest BCUT2D eigenvalue weighted by molar-refractivity contribution is 7.84. The van der Waals surface area contributed by atoms with Gasteiger partial charge in [-0.2, -0.15) is 0 Å². The standard InChI is InChI=1S/C37H45N9O3S/c1-3-49-24-23-45(36-39-32-11-7-8-12-33(32)40-36)29-15-19-43(20-16-29)21-17-37(28-9-5-4-6-10-28)18-22-44(26-37)35(47)31-25-30(46-27-38-41-42-46)13-14-34(31)50(2)48/h4-14,25,27,29H,3,15-24,26H2,1-2H3,(H,39,40). The Morgan fingerprint density at radius 1 is 1.06 bits per heavy atom. The number of likely N-dealkylation sites (tertiary alicyclic amines) is 2. The van der Waals surface area contributed by atoms with Gasteiger partial charge in [0.05, 0.1) is 44.6 Å². The SMILES string of the molecule is CCOCCN(c1nc2ccccc2[nH]1)C1CCN(CCC2(c3ccccc3)CCN(C(=O)c3cc(-n4cnnn4)ccc3S(C)=O)C2)CC1. The molecule has 2 saturated heterocycles. The number of benzene rings is 3. The lowest BCUT2D eigenvalue weighted by Crippen LogP contribution is -2.47. The van der Waals surface area contributed by atoms with Gasteiger partial charge in [0.25, 0.3) is 5.91 Å². The van der Waals surface area contributed by atoms with Crippen LogP contribution in [0.25, 0.3) is 16.7 Å². The number of hydrogen-bond donors (Lipinski definition) is 1. The van der Waals surface area contributed by atoms with Crippen LogP contribution in [-0.2, 0) is 21.0 Å². The minimum absolute atomic E-state index is 0.110. The van der Waals surface area contributed by atoms with Gasteiger partial charge in [-0.3, -0.25) is 9.00 Å². The first-order valence-electron chi connectivity index (χ1n) is 17.5. The number of amides is 1. The summed E-state index contributed by atoms with van der Waals surface area (Å²) in [5, 5.41) is 11.4. The van der Waals surface area contributed by atoms with Crippen molar-refractivity contribution < 1.29 is 13.7 Å². The molecule has 262 valence electrons. The van der Waals surface area contributed by atoms with Crippen LogP contribution in [0.1, 0.15) is 48.5 Å². The van der Waals surface area contributed by atoms with Crippen LogP contribution in [0.15, 0.2) is 84.0 Å². The normalized spacial score (nSPS) is 19.3. The molecule has 0 aliphatic carbocycles. The number of piperidine rings is 1. The number of nitrogens with zero attached hydrogens (tertiary/aromatic N) is 8. The summed E-state index contributed by atoms with van der Waals surface area (Å²) >= 11 is 0. The summed E-state index contributed by atoms with van der Waals surface area (Å²) < 4.78 is 20.0. The number of ether oxygens (including phenoxy) is 1. The second kappa shape index (κ2) is 15.2. The van der Waals surface area contributed by atoms with Gasteiger partial charge in [0, 0.05) is 57.0 Å². The third kappa shape index (κ3) is 7.21. The lowest BCUT2D eigenvalue weighted by atomic mass is 9.76. The van der Waals surface area contributed by atoms with E-state index in [0.29, 0.717) is 48.5 Å². The number of imidazole rings is 1. The van der Waals surface area contributed by atoms with Gasteiger partial charge >= 0.3 is 0 Å². The van der Waals surface area contributed by atoms with E-state index in [1.165, 1.54) is 16.6 Å². The van der Waals surface area contributed by atoms with Gasteiger partial charge in [-0.25, -0.2) is 9.67 Å². The number of fused-ring (bicyclic) bond motifs is 1. The van der Waals surface area contributed by atoms with E-state index in [4.69, 9.17) is 9.72 Å². The summed E-state index contributed by atoms with van der Waals surface area (Å²) in [5.74, 6) is 0.808. The van der Waals surface area contributed by atoms with Crippen LogP contribution in [0.3, 0.4) is 0 Å². The van der Waals surface area contributed by atoms with Crippen LogP contribution in [0, 0.1) is 0 Å². The average Bonchev–Trinajstić information content (AvgIpc) is 3.94. The Morgan fingerprint density at radius 2 is 1.86 bits per heavy atom. The van der Waals surface area contributed by atoms with Crippen molar-refractivity contribution in [3.8, 4) is 5.69 Å². The number of carbonyl (C=O) groups is 1. The number of tetrazole rings is 1. The van der Waals surface area contributed by atoms with Crippen LogP contribution in [0.4, 0.5) is 5.95 Å². The topological polar surface area (TPSA) is 125 Å². The first-order valence-corrected chi connectivity index (χ1v) is 19.1. The molecule has 2 fully saturated rings. The maximum atomic E-state index is 14.2. The van der Waals surface area contributed by atoms with E-state index in [2.05, 4.69) is 66.7 Å². The molecule has 2 atom stereocenters. The highest BCUT2D eigenvalue weighted by atomic mass is 32.2. The Kier molecular flexibility index (Phi) is 10.3. The van der Waals surface area contributed by atoms with Crippen molar-refractivity contribution >= 4 is 33.7 Å². The molecule has 0 bridgehead atoms. The third-order valence-electron chi connectivity index (χ3n) is 10.4. The zero-order valence-corrected chi connectivity index (χ0v) is 29.6. The van der Waals surface area contributed by atoms with Crippen LogP contribution >= 0.6 is 0 Å². The number of rotatable bonds is 13. The van der Waals surface area contributed by atoms with Gasteiger partial charge in [0.1, 0.15) is 6.33 Å². The fraction of sp³-hybridized carbons (Fsp3) is 0.432. The number of carbonyl (C=O) groups excluding carboxylic acids is 1. The highest BCUT2D eigenvalue weighted by Crippen LogP contribution is 2.39. The minimum Gasteiger partial charge on any atom is -0.380 e. The van der Waals surface area contributed by atoms with E-state index in [-0.39, 0.29) is 11.3 Å². The van der Waals surface area contributed by atoms with Crippen molar-refractivity contribution in [3.05, 3.63) is 90.3 Å². The first-order chi connectivity index (χ1) is 24.4. The number of para-hydroxylation sites is 2. The van der Waals surface area contributed by atoms with E-state index in [0.717, 1.165) is 68.8 Å². The highest BCUT2D eigenvalue weighted by Gasteiger charge is 2.42. The summed E-state index contributed by atoms with van der Waals surface area (Å²) in [6.07, 6.45) is 7.00. The predicted molar refractivity (Wildman–Crippen MR) is 194 cm³/mol. The molecule has 50 heavy (non-hydrogen) atoms. The van der Waals surface area contributed by atoms with E-state index < -0.39 is 10.8 Å². The summed E-state index contributed by atoms with van der Waals surface area (Å²) in [7, 11) is -1.34. The van der Waals surface area contributed by atoms with Crippen LogP contribution in [0.5, 0.6) is 0 Å². The molecule has 3 aromatic carbocycles.